The van der Waals surface area contributed by atoms with E-state index in [4.69, 9.17) is 16.3 Å². The second kappa shape index (κ2) is 8.80. The lowest BCUT2D eigenvalue weighted by molar-refractivity contribution is -0.142. The van der Waals surface area contributed by atoms with Crippen LogP contribution >= 0.6 is 11.6 Å². The number of hydrogen-bond donors (Lipinski definition) is 1. The van der Waals surface area contributed by atoms with Crippen LogP contribution in [-0.2, 0) is 9.53 Å². The second-order valence-electron chi connectivity index (χ2n) is 6.46. The number of ether oxygens (including phenoxy) is 2. The number of carbonyl (C=O) groups excluding carboxylic acids is 1. The minimum absolute atomic E-state index is 0.133. The van der Waals surface area contributed by atoms with E-state index in [2.05, 4.69) is 20.3 Å². The third kappa shape index (κ3) is 4.34. The summed E-state index contributed by atoms with van der Waals surface area (Å²) in [4.78, 5) is 11.2. The van der Waals surface area contributed by atoms with Gasteiger partial charge in [-0.05, 0) is 36.4 Å². The Balaban J connectivity index is 1.60. The van der Waals surface area contributed by atoms with Gasteiger partial charge in [-0.3, -0.25) is 0 Å². The summed E-state index contributed by atoms with van der Waals surface area (Å²) >= 11 is 6.01. The average Bonchev–Trinajstić information content (AvgIpc) is 2.79. The lowest BCUT2D eigenvalue weighted by Crippen LogP contribution is -2.12. The number of nitrogens with one attached hydrogen (secondary N) is 1. The molecule has 0 atom stereocenters. The van der Waals surface area contributed by atoms with Crippen molar-refractivity contribution in [1.29, 1.82) is 0 Å². The summed E-state index contributed by atoms with van der Waals surface area (Å²) in [7, 11) is 1.32. The normalized spacial score (nSPS) is 10.6. The van der Waals surface area contributed by atoms with Gasteiger partial charge in [0.2, 0.25) is 0 Å². The molecule has 7 heteroatoms. The number of halogens is 1. The van der Waals surface area contributed by atoms with Crippen LogP contribution < -0.4 is 10.1 Å². The molecule has 4 aromatic rings. The predicted molar refractivity (Wildman–Crippen MR) is 117 cm³/mol. The van der Waals surface area contributed by atoms with Crippen molar-refractivity contribution in [1.82, 2.24) is 10.2 Å². The fourth-order valence-corrected chi connectivity index (χ4v) is 3.12. The van der Waals surface area contributed by atoms with Crippen LogP contribution in [0.25, 0.3) is 22.0 Å². The molecule has 0 unspecified atom stereocenters. The number of carbonyl (C=O) groups is 1. The number of nitrogens with zero attached hydrogens (tertiary/aromatic N) is 2. The molecule has 150 valence electrons. The number of esters is 1. The van der Waals surface area contributed by atoms with Crippen molar-refractivity contribution >= 4 is 39.8 Å². The van der Waals surface area contributed by atoms with Gasteiger partial charge in [-0.25, -0.2) is 4.79 Å². The third-order valence-electron chi connectivity index (χ3n) is 4.51. The molecule has 0 spiro atoms. The molecule has 0 aliphatic heterocycles. The Hall–Kier alpha value is -3.64. The van der Waals surface area contributed by atoms with E-state index in [1.165, 1.54) is 7.11 Å². The zero-order valence-corrected chi connectivity index (χ0v) is 16.9. The Morgan fingerprint density at radius 2 is 1.63 bits per heavy atom. The maximum atomic E-state index is 11.2. The molecule has 0 aliphatic rings. The summed E-state index contributed by atoms with van der Waals surface area (Å²) in [5, 5.41) is 14.8. The lowest BCUT2D eigenvalue weighted by Gasteiger charge is -2.12. The van der Waals surface area contributed by atoms with Gasteiger partial charge >= 0.3 is 5.97 Å². The zero-order valence-electron chi connectivity index (χ0n) is 16.1. The van der Waals surface area contributed by atoms with E-state index < -0.39 is 5.97 Å². The van der Waals surface area contributed by atoms with Gasteiger partial charge in [0.25, 0.3) is 0 Å². The minimum Gasteiger partial charge on any atom is -0.482 e. The molecule has 0 saturated carbocycles. The Bertz CT molecular complexity index is 1180. The number of fused-ring (bicyclic) bond motifs is 1. The van der Waals surface area contributed by atoms with Gasteiger partial charge in [0.1, 0.15) is 11.4 Å². The first kappa shape index (κ1) is 19.7. The van der Waals surface area contributed by atoms with Gasteiger partial charge in [0, 0.05) is 27.0 Å². The Kier molecular flexibility index (Phi) is 5.77. The Labute approximate surface area is 178 Å². The minimum atomic E-state index is -0.431. The van der Waals surface area contributed by atoms with Gasteiger partial charge in [-0.1, -0.05) is 48.0 Å². The summed E-state index contributed by atoms with van der Waals surface area (Å²) in [6.07, 6.45) is 0. The molecule has 1 heterocycles. The summed E-state index contributed by atoms with van der Waals surface area (Å²) in [6, 6.07) is 22.7. The van der Waals surface area contributed by atoms with Crippen molar-refractivity contribution in [3.63, 3.8) is 0 Å². The second-order valence-corrected chi connectivity index (χ2v) is 6.90. The highest BCUT2D eigenvalue weighted by molar-refractivity contribution is 6.30. The van der Waals surface area contributed by atoms with E-state index in [1.54, 1.807) is 12.1 Å². The fraction of sp³-hybridized carbons (Fsp3) is 0.0870. The molecule has 0 aliphatic carbocycles. The van der Waals surface area contributed by atoms with Crippen molar-refractivity contribution in [2.24, 2.45) is 0 Å². The van der Waals surface area contributed by atoms with Crippen LogP contribution in [0.5, 0.6) is 5.75 Å². The number of hydrogen-bond acceptors (Lipinski definition) is 6. The zero-order chi connectivity index (χ0) is 20.9. The summed E-state index contributed by atoms with van der Waals surface area (Å²) in [5.74, 6) is 0.784. The van der Waals surface area contributed by atoms with Crippen LogP contribution in [0.1, 0.15) is 0 Å². The summed E-state index contributed by atoms with van der Waals surface area (Å²) in [5.41, 5.74) is 2.56. The summed E-state index contributed by atoms with van der Waals surface area (Å²) in [6.45, 7) is -0.133. The van der Waals surface area contributed by atoms with Crippen molar-refractivity contribution in [3.05, 3.63) is 77.8 Å². The maximum Gasteiger partial charge on any atom is 0.343 e. The summed E-state index contributed by atoms with van der Waals surface area (Å²) < 4.78 is 9.93. The quantitative estimate of drug-likeness (QED) is 0.430. The number of rotatable bonds is 6. The Morgan fingerprint density at radius 1 is 0.933 bits per heavy atom. The molecule has 0 bridgehead atoms. The number of methoxy groups -OCH3 is 1. The fourth-order valence-electron chi connectivity index (χ4n) is 2.99. The number of anilines is 2. The highest BCUT2D eigenvalue weighted by Gasteiger charge is 2.11. The van der Waals surface area contributed by atoms with E-state index in [1.807, 2.05) is 60.7 Å². The largest absolute Gasteiger partial charge is 0.482 e. The van der Waals surface area contributed by atoms with Crippen molar-refractivity contribution in [2.75, 3.05) is 19.0 Å². The first-order valence-corrected chi connectivity index (χ1v) is 9.60. The number of benzene rings is 3. The van der Waals surface area contributed by atoms with Gasteiger partial charge < -0.3 is 14.8 Å². The molecule has 6 nitrogen and oxygen atoms in total. The topological polar surface area (TPSA) is 73.3 Å². The highest BCUT2D eigenvalue weighted by Crippen LogP contribution is 2.31. The van der Waals surface area contributed by atoms with Crippen molar-refractivity contribution in [2.45, 2.75) is 0 Å². The molecular formula is C23H18ClN3O3. The molecule has 0 radical (unpaired) electrons. The molecule has 1 N–H and O–H groups in total. The maximum absolute atomic E-state index is 11.2. The number of aromatic nitrogens is 2. The predicted octanol–water partition coefficient (Wildman–Crippen LogP) is 5.25. The van der Waals surface area contributed by atoms with Crippen molar-refractivity contribution in [3.8, 4) is 17.0 Å². The average molecular weight is 420 g/mol. The Morgan fingerprint density at radius 3 is 2.33 bits per heavy atom. The highest BCUT2D eigenvalue weighted by atomic mass is 35.5. The van der Waals surface area contributed by atoms with E-state index in [9.17, 15) is 4.79 Å². The first-order chi connectivity index (χ1) is 14.6. The SMILES string of the molecule is COC(=O)COc1ccc(Nc2nnc(-c3ccc(Cl)cc3)c3ccccc23)cc1. The molecule has 0 fully saturated rings. The third-order valence-corrected chi connectivity index (χ3v) is 4.76. The lowest BCUT2D eigenvalue weighted by atomic mass is 10.0. The molecule has 4 rings (SSSR count). The van der Waals surface area contributed by atoms with E-state index in [-0.39, 0.29) is 6.61 Å². The van der Waals surface area contributed by atoms with E-state index in [0.29, 0.717) is 16.6 Å². The molecule has 1 aromatic heterocycles. The molecule has 0 saturated heterocycles. The van der Waals surface area contributed by atoms with Crippen molar-refractivity contribution < 1.29 is 14.3 Å². The van der Waals surface area contributed by atoms with E-state index in [0.717, 1.165) is 27.7 Å². The van der Waals surface area contributed by atoms with Gasteiger partial charge in [-0.15, -0.1) is 10.2 Å². The molecule has 30 heavy (non-hydrogen) atoms. The van der Waals surface area contributed by atoms with Crippen LogP contribution in [0.3, 0.4) is 0 Å². The van der Waals surface area contributed by atoms with Gasteiger partial charge in [0.05, 0.1) is 7.11 Å². The van der Waals surface area contributed by atoms with Crippen LogP contribution in [0, 0.1) is 0 Å². The van der Waals surface area contributed by atoms with Crippen LogP contribution in [0.15, 0.2) is 72.8 Å². The first-order valence-electron chi connectivity index (χ1n) is 9.22. The molecule has 3 aromatic carbocycles. The smallest absolute Gasteiger partial charge is 0.343 e. The standard InChI is InChI=1S/C23H18ClN3O3/c1-29-21(28)14-30-18-12-10-17(11-13-18)25-23-20-5-3-2-4-19(20)22(26-27-23)15-6-8-16(24)9-7-15/h2-13H,14H2,1H3,(H,25,27). The van der Waals surface area contributed by atoms with Crippen LogP contribution in [0.2, 0.25) is 5.02 Å². The monoisotopic (exact) mass is 419 g/mol. The van der Waals surface area contributed by atoms with Crippen LogP contribution in [-0.4, -0.2) is 29.9 Å². The van der Waals surface area contributed by atoms with Crippen LogP contribution in [0.4, 0.5) is 11.5 Å². The van der Waals surface area contributed by atoms with E-state index >= 15 is 0 Å². The molecular weight excluding hydrogens is 402 g/mol. The molecule has 0 amide bonds. The van der Waals surface area contributed by atoms with Gasteiger partial charge in [-0.2, -0.15) is 0 Å². The van der Waals surface area contributed by atoms with Gasteiger partial charge in [0.15, 0.2) is 12.4 Å².